The van der Waals surface area contributed by atoms with E-state index < -0.39 is 0 Å². The van der Waals surface area contributed by atoms with Crippen LogP contribution in [0.3, 0.4) is 0 Å². The predicted octanol–water partition coefficient (Wildman–Crippen LogP) is 5.93. The Morgan fingerprint density at radius 3 is 2.26 bits per heavy atom. The normalized spacial score (nSPS) is 14.5. The van der Waals surface area contributed by atoms with E-state index in [-0.39, 0.29) is 0 Å². The second-order valence-corrected chi connectivity index (χ2v) is 7.03. The van der Waals surface area contributed by atoms with Crippen molar-refractivity contribution >= 4 is 10.8 Å². The van der Waals surface area contributed by atoms with E-state index in [0.29, 0.717) is 12.9 Å². The molecule has 0 aliphatic heterocycles. The zero-order chi connectivity index (χ0) is 18.3. The number of hydrogen-bond acceptors (Lipinski definition) is 2. The van der Waals surface area contributed by atoms with Crippen molar-refractivity contribution in [2.24, 2.45) is 0 Å². The summed E-state index contributed by atoms with van der Waals surface area (Å²) in [4.78, 5) is 0. The van der Waals surface area contributed by atoms with Crippen LogP contribution in [0.25, 0.3) is 10.8 Å². The number of benzene rings is 3. The van der Waals surface area contributed by atoms with Crippen molar-refractivity contribution in [3.63, 3.8) is 0 Å². The molecule has 0 unspecified atom stereocenters. The topological polar surface area (TPSA) is 18.5 Å². The van der Waals surface area contributed by atoms with E-state index in [4.69, 9.17) is 9.47 Å². The highest BCUT2D eigenvalue weighted by Gasteiger charge is 2.13. The molecule has 2 nitrogen and oxygen atoms in total. The Kier molecular flexibility index (Phi) is 5.72. The molecule has 4 rings (SSSR count). The molecule has 1 saturated carbocycles. The summed E-state index contributed by atoms with van der Waals surface area (Å²) in [6, 6.07) is 22.5. The van der Waals surface area contributed by atoms with Gasteiger partial charge in [-0.2, -0.15) is 0 Å². The van der Waals surface area contributed by atoms with Gasteiger partial charge in [0.1, 0.15) is 5.75 Å². The molecule has 0 heterocycles. The van der Waals surface area contributed by atoms with E-state index >= 15 is 0 Å². The summed E-state index contributed by atoms with van der Waals surface area (Å²) in [6.45, 7) is 0.326. The molecule has 0 atom stereocenters. The third-order valence-electron chi connectivity index (χ3n) is 5.04. The van der Waals surface area contributed by atoms with Crippen LogP contribution in [0.15, 0.2) is 66.7 Å². The molecule has 3 aromatic carbocycles. The quantitative estimate of drug-likeness (QED) is 0.426. The Morgan fingerprint density at radius 2 is 1.44 bits per heavy atom. The van der Waals surface area contributed by atoms with Crippen molar-refractivity contribution in [1.82, 2.24) is 0 Å². The minimum atomic E-state index is 0.326. The number of fused-ring (bicyclic) bond motifs is 1. The Bertz CT molecular complexity index is 941. The number of hydrogen-bond donors (Lipinski definition) is 0. The summed E-state index contributed by atoms with van der Waals surface area (Å²) in [5.74, 6) is 7.29. The van der Waals surface area contributed by atoms with Gasteiger partial charge in [-0.15, -0.1) is 0 Å². The maximum absolute atomic E-state index is 5.81. The highest BCUT2D eigenvalue weighted by Crippen LogP contribution is 2.21. The Morgan fingerprint density at radius 1 is 0.741 bits per heavy atom. The van der Waals surface area contributed by atoms with Gasteiger partial charge >= 0.3 is 0 Å². The third-order valence-corrected chi connectivity index (χ3v) is 5.04. The molecule has 136 valence electrons. The molecule has 0 saturated heterocycles. The van der Waals surface area contributed by atoms with Crippen molar-refractivity contribution in [3.05, 3.63) is 77.9 Å². The second-order valence-electron chi connectivity index (χ2n) is 7.03. The molecule has 0 bridgehead atoms. The Balaban J connectivity index is 1.34. The van der Waals surface area contributed by atoms with Crippen molar-refractivity contribution in [2.45, 2.75) is 38.2 Å². The molecular weight excluding hydrogens is 332 g/mol. The molecule has 0 N–H and O–H groups in total. The van der Waals surface area contributed by atoms with Crippen LogP contribution in [0, 0.1) is 11.8 Å². The first-order chi connectivity index (χ1) is 13.4. The van der Waals surface area contributed by atoms with Crippen LogP contribution in [-0.4, -0.2) is 12.9 Å². The van der Waals surface area contributed by atoms with Gasteiger partial charge in [-0.25, -0.2) is 0 Å². The first-order valence-corrected chi connectivity index (χ1v) is 9.72. The summed E-state index contributed by atoms with van der Waals surface area (Å²) in [7, 11) is 0. The molecule has 0 spiro atoms. The summed E-state index contributed by atoms with van der Waals surface area (Å²) < 4.78 is 11.5. The summed E-state index contributed by atoms with van der Waals surface area (Å²) >= 11 is 0. The van der Waals surface area contributed by atoms with Gasteiger partial charge in [0.2, 0.25) is 0 Å². The summed E-state index contributed by atoms with van der Waals surface area (Å²) in [6.07, 6.45) is 6.57. The Hall–Kier alpha value is -2.76. The maximum Gasteiger partial charge on any atom is 0.189 e. The van der Waals surface area contributed by atoms with Crippen LogP contribution in [0.1, 0.15) is 43.2 Å². The van der Waals surface area contributed by atoms with Crippen LogP contribution < -0.4 is 4.74 Å². The van der Waals surface area contributed by atoms with Crippen molar-refractivity contribution in [1.29, 1.82) is 0 Å². The largest absolute Gasteiger partial charge is 0.468 e. The molecule has 1 fully saturated rings. The van der Waals surface area contributed by atoms with E-state index in [2.05, 4.69) is 54.3 Å². The van der Waals surface area contributed by atoms with Crippen molar-refractivity contribution in [2.75, 3.05) is 6.79 Å². The number of ether oxygens (including phenoxy) is 2. The maximum atomic E-state index is 5.81. The predicted molar refractivity (Wildman–Crippen MR) is 110 cm³/mol. The van der Waals surface area contributed by atoms with E-state index in [1.807, 2.05) is 24.3 Å². The molecule has 0 radical (unpaired) electrons. The fourth-order valence-electron chi connectivity index (χ4n) is 3.48. The smallest absolute Gasteiger partial charge is 0.189 e. The van der Waals surface area contributed by atoms with E-state index in [0.717, 1.165) is 29.7 Å². The standard InChI is InChI=1S/C25H24O2/c1-2-8-24(9-3-1)26-19-27-25-16-13-20(14-17-25)10-11-21-12-15-22-6-4-5-7-23(22)18-21/h4-7,12-18,24H,1-3,8-9,19H2. The molecule has 3 aromatic rings. The molecule has 2 heteroatoms. The van der Waals surface area contributed by atoms with Gasteiger partial charge in [0, 0.05) is 11.1 Å². The van der Waals surface area contributed by atoms with Crippen LogP contribution in [0.2, 0.25) is 0 Å². The average molecular weight is 356 g/mol. The van der Waals surface area contributed by atoms with Crippen molar-refractivity contribution < 1.29 is 9.47 Å². The third kappa shape index (κ3) is 4.90. The number of rotatable bonds is 4. The minimum Gasteiger partial charge on any atom is -0.468 e. The van der Waals surface area contributed by atoms with E-state index in [1.165, 1.54) is 30.0 Å². The van der Waals surface area contributed by atoms with Gasteiger partial charge in [0.25, 0.3) is 0 Å². The van der Waals surface area contributed by atoms with Crippen molar-refractivity contribution in [3.8, 4) is 17.6 Å². The van der Waals surface area contributed by atoms with Gasteiger partial charge in [-0.3, -0.25) is 0 Å². The Labute approximate surface area is 161 Å². The summed E-state index contributed by atoms with van der Waals surface area (Å²) in [5.41, 5.74) is 2.00. The molecule has 1 aliphatic rings. The van der Waals surface area contributed by atoms with Gasteiger partial charge < -0.3 is 9.47 Å². The molecule has 0 amide bonds. The van der Waals surface area contributed by atoms with Gasteiger partial charge in [0.15, 0.2) is 6.79 Å². The van der Waals surface area contributed by atoms with Gasteiger partial charge in [-0.05, 0) is 60.0 Å². The zero-order valence-electron chi connectivity index (χ0n) is 15.5. The van der Waals surface area contributed by atoms with Crippen LogP contribution in [0.5, 0.6) is 5.75 Å². The SMILES string of the molecule is C(#Cc1ccc2ccccc2c1)c1ccc(OCOC2CCCCC2)cc1. The van der Waals surface area contributed by atoms with Gasteiger partial charge in [0.05, 0.1) is 6.10 Å². The fraction of sp³-hybridized carbons (Fsp3) is 0.280. The van der Waals surface area contributed by atoms with E-state index in [9.17, 15) is 0 Å². The lowest BCUT2D eigenvalue weighted by Crippen LogP contribution is -2.19. The lowest BCUT2D eigenvalue weighted by Gasteiger charge is -2.21. The monoisotopic (exact) mass is 356 g/mol. The highest BCUT2D eigenvalue weighted by atomic mass is 16.7. The van der Waals surface area contributed by atoms with Crippen LogP contribution >= 0.6 is 0 Å². The second kappa shape index (κ2) is 8.75. The van der Waals surface area contributed by atoms with Gasteiger partial charge in [-0.1, -0.05) is 61.4 Å². The zero-order valence-corrected chi connectivity index (χ0v) is 15.5. The highest BCUT2D eigenvalue weighted by molar-refractivity contribution is 5.83. The lowest BCUT2D eigenvalue weighted by atomic mass is 9.98. The van der Waals surface area contributed by atoms with Crippen LogP contribution in [0.4, 0.5) is 0 Å². The molecular formula is C25H24O2. The summed E-state index contributed by atoms with van der Waals surface area (Å²) in [5, 5.41) is 2.45. The first kappa shape index (κ1) is 17.6. The lowest BCUT2D eigenvalue weighted by molar-refractivity contribution is -0.0496. The first-order valence-electron chi connectivity index (χ1n) is 9.72. The van der Waals surface area contributed by atoms with Crippen LogP contribution in [-0.2, 0) is 4.74 Å². The minimum absolute atomic E-state index is 0.326. The van der Waals surface area contributed by atoms with E-state index in [1.54, 1.807) is 0 Å². The molecule has 1 aliphatic carbocycles. The molecule has 0 aromatic heterocycles. The molecule has 27 heavy (non-hydrogen) atoms. The fourth-order valence-corrected chi connectivity index (χ4v) is 3.48. The average Bonchev–Trinajstić information content (AvgIpc) is 2.74.